The molecule has 3 rings (SSSR count). The van der Waals surface area contributed by atoms with Crippen LogP contribution in [0.25, 0.3) is 0 Å². The predicted molar refractivity (Wildman–Crippen MR) is 101 cm³/mol. The number of rotatable bonds is 6. The van der Waals surface area contributed by atoms with E-state index in [1.165, 1.54) is 26.4 Å². The van der Waals surface area contributed by atoms with E-state index in [0.29, 0.717) is 0 Å². The highest BCUT2D eigenvalue weighted by atomic mass is 19.4. The Morgan fingerprint density at radius 1 is 0.966 bits per heavy atom. The molecule has 0 spiro atoms. The normalized spacial score (nSPS) is 16.3. The maximum absolute atomic E-state index is 12.5. The van der Waals surface area contributed by atoms with Crippen molar-refractivity contribution in [2.24, 2.45) is 0 Å². The van der Waals surface area contributed by atoms with Crippen LogP contribution in [-0.2, 0) is 0 Å². The van der Waals surface area contributed by atoms with E-state index < -0.39 is 6.36 Å². The van der Waals surface area contributed by atoms with Gasteiger partial charge in [0.25, 0.3) is 0 Å². The van der Waals surface area contributed by atoms with Crippen molar-refractivity contribution >= 4 is 0 Å². The van der Waals surface area contributed by atoms with E-state index in [0.717, 1.165) is 37.3 Å². The third-order valence-electron chi connectivity index (χ3n) is 4.76. The summed E-state index contributed by atoms with van der Waals surface area (Å²) in [5.74, 6) is 0.140. The average Bonchev–Trinajstić information content (AvgIpc) is 2.70. The van der Waals surface area contributed by atoms with E-state index >= 15 is 0 Å². The molecule has 1 aliphatic heterocycles. The smallest absolute Gasteiger partial charge is 0.502 e. The average molecular weight is 412 g/mol. The number of ether oxygens (including phenoxy) is 3. The number of hydrogen-bond acceptors (Lipinski definition) is 6. The Balaban J connectivity index is 2.02. The minimum atomic E-state index is -4.74. The van der Waals surface area contributed by atoms with Gasteiger partial charge in [-0.05, 0) is 35.4 Å². The number of hydrogen-bond donors (Lipinski definition) is 2. The van der Waals surface area contributed by atoms with E-state index in [2.05, 4.69) is 15.0 Å². The van der Waals surface area contributed by atoms with E-state index in [4.69, 9.17) is 9.47 Å². The van der Waals surface area contributed by atoms with Gasteiger partial charge in [0.2, 0.25) is 5.75 Å². The summed E-state index contributed by atoms with van der Waals surface area (Å²) in [5, 5.41) is 13.5. The molecule has 2 aromatic rings. The number of phenols is 1. The van der Waals surface area contributed by atoms with Gasteiger partial charge in [-0.25, -0.2) is 0 Å². The van der Waals surface area contributed by atoms with Gasteiger partial charge in [-0.15, -0.1) is 13.2 Å². The number of aromatic hydroxyl groups is 1. The first-order valence-corrected chi connectivity index (χ1v) is 9.07. The fourth-order valence-electron chi connectivity index (χ4n) is 3.48. The maximum atomic E-state index is 12.5. The number of benzene rings is 2. The molecule has 0 radical (unpaired) electrons. The number of alkyl halides is 3. The Labute approximate surface area is 166 Å². The number of piperazine rings is 1. The lowest BCUT2D eigenvalue weighted by Gasteiger charge is -2.36. The standard InChI is InChI=1S/C20H23F3N2O4/c1-27-16-11-14(12-17(28-2)19(16)26)18(25-9-7-24-8-10-25)13-3-5-15(6-4-13)29-20(21,22)23/h3-6,11-12,18,24,26H,7-10H2,1-2H3/t18-/m0/s1. The van der Waals surface area contributed by atoms with Crippen LogP contribution in [0.5, 0.6) is 23.0 Å². The van der Waals surface area contributed by atoms with Gasteiger partial charge in [0.1, 0.15) is 5.75 Å². The topological polar surface area (TPSA) is 63.2 Å². The number of phenolic OH excluding ortho intramolecular Hbond substituents is 1. The molecule has 0 aromatic heterocycles. The summed E-state index contributed by atoms with van der Waals surface area (Å²) in [6.45, 7) is 3.07. The molecule has 6 nitrogen and oxygen atoms in total. The Bertz CT molecular complexity index is 796. The van der Waals surface area contributed by atoms with Gasteiger partial charge in [0, 0.05) is 26.2 Å². The van der Waals surface area contributed by atoms with E-state index in [1.807, 2.05) is 0 Å². The predicted octanol–water partition coefficient (Wildman–Crippen LogP) is 3.30. The van der Waals surface area contributed by atoms with Gasteiger partial charge in [-0.2, -0.15) is 0 Å². The zero-order valence-electron chi connectivity index (χ0n) is 16.1. The van der Waals surface area contributed by atoms with Gasteiger partial charge in [-0.1, -0.05) is 12.1 Å². The summed E-state index contributed by atoms with van der Waals surface area (Å²) in [6.07, 6.45) is -4.74. The highest BCUT2D eigenvalue weighted by molar-refractivity contribution is 5.54. The highest BCUT2D eigenvalue weighted by Crippen LogP contribution is 2.41. The lowest BCUT2D eigenvalue weighted by molar-refractivity contribution is -0.274. The minimum Gasteiger partial charge on any atom is -0.502 e. The molecule has 0 bridgehead atoms. The molecule has 0 saturated carbocycles. The zero-order chi connectivity index (χ0) is 21.0. The second-order valence-electron chi connectivity index (χ2n) is 6.58. The molecule has 29 heavy (non-hydrogen) atoms. The van der Waals surface area contributed by atoms with Crippen molar-refractivity contribution < 1.29 is 32.5 Å². The van der Waals surface area contributed by atoms with Crippen LogP contribution in [0, 0.1) is 0 Å². The van der Waals surface area contributed by atoms with Crippen molar-refractivity contribution in [3.05, 3.63) is 47.5 Å². The molecule has 1 heterocycles. The van der Waals surface area contributed by atoms with Crippen molar-refractivity contribution in [2.45, 2.75) is 12.4 Å². The number of nitrogens with one attached hydrogen (secondary N) is 1. The summed E-state index contributed by atoms with van der Waals surface area (Å²) in [7, 11) is 2.89. The number of nitrogens with zero attached hydrogens (tertiary/aromatic N) is 1. The van der Waals surface area contributed by atoms with Crippen molar-refractivity contribution in [3.63, 3.8) is 0 Å². The van der Waals surface area contributed by atoms with Gasteiger partial charge in [-0.3, -0.25) is 4.90 Å². The summed E-state index contributed by atoms with van der Waals surface area (Å²) in [4.78, 5) is 2.21. The van der Waals surface area contributed by atoms with Crippen LogP contribution in [0.15, 0.2) is 36.4 Å². The first-order valence-electron chi connectivity index (χ1n) is 9.07. The molecule has 2 N–H and O–H groups in total. The molecular weight excluding hydrogens is 389 g/mol. The molecule has 1 saturated heterocycles. The molecule has 1 aliphatic rings. The Hall–Kier alpha value is -2.65. The van der Waals surface area contributed by atoms with Crippen molar-refractivity contribution in [1.82, 2.24) is 10.2 Å². The molecule has 1 fully saturated rings. The molecule has 9 heteroatoms. The fraction of sp³-hybridized carbons (Fsp3) is 0.400. The number of halogens is 3. The Morgan fingerprint density at radius 3 is 2.00 bits per heavy atom. The van der Waals surface area contributed by atoms with Crippen molar-refractivity contribution in [3.8, 4) is 23.0 Å². The van der Waals surface area contributed by atoms with Crippen LogP contribution < -0.4 is 19.5 Å². The quantitative estimate of drug-likeness (QED) is 0.759. The first-order chi connectivity index (χ1) is 13.8. The molecule has 158 valence electrons. The maximum Gasteiger partial charge on any atom is 0.573 e. The van der Waals surface area contributed by atoms with Gasteiger partial charge in [0.05, 0.1) is 20.3 Å². The second-order valence-corrected chi connectivity index (χ2v) is 6.58. The summed E-state index contributed by atoms with van der Waals surface area (Å²) in [6, 6.07) is 8.98. The van der Waals surface area contributed by atoms with Crippen molar-refractivity contribution in [2.75, 3.05) is 40.4 Å². The second kappa shape index (κ2) is 8.79. The van der Waals surface area contributed by atoms with Gasteiger partial charge >= 0.3 is 6.36 Å². The molecule has 0 unspecified atom stereocenters. The summed E-state index contributed by atoms with van der Waals surface area (Å²) >= 11 is 0. The van der Waals surface area contributed by atoms with Crippen LogP contribution in [0.2, 0.25) is 0 Å². The molecular formula is C20H23F3N2O4. The molecule has 2 aromatic carbocycles. The fourth-order valence-corrected chi connectivity index (χ4v) is 3.48. The van der Waals surface area contributed by atoms with E-state index in [9.17, 15) is 18.3 Å². The van der Waals surface area contributed by atoms with E-state index in [-0.39, 0.29) is 29.0 Å². The van der Waals surface area contributed by atoms with Crippen LogP contribution in [0.3, 0.4) is 0 Å². The van der Waals surface area contributed by atoms with Gasteiger partial charge in [0.15, 0.2) is 11.5 Å². The minimum absolute atomic E-state index is 0.105. The number of methoxy groups -OCH3 is 2. The lowest BCUT2D eigenvalue weighted by Crippen LogP contribution is -2.45. The highest BCUT2D eigenvalue weighted by Gasteiger charge is 2.31. The monoisotopic (exact) mass is 412 g/mol. The third-order valence-corrected chi connectivity index (χ3v) is 4.76. The third kappa shape index (κ3) is 5.04. The van der Waals surface area contributed by atoms with Crippen molar-refractivity contribution in [1.29, 1.82) is 0 Å². The van der Waals surface area contributed by atoms with Crippen LogP contribution in [0.1, 0.15) is 17.2 Å². The van der Waals surface area contributed by atoms with Crippen LogP contribution in [0.4, 0.5) is 13.2 Å². The summed E-state index contributed by atoms with van der Waals surface area (Å²) in [5.41, 5.74) is 1.58. The summed E-state index contributed by atoms with van der Waals surface area (Å²) < 4.78 is 51.9. The largest absolute Gasteiger partial charge is 0.573 e. The SMILES string of the molecule is COc1cc([C@H](c2ccc(OC(F)(F)F)cc2)N2CCNCC2)cc(OC)c1O. The molecule has 1 atom stereocenters. The zero-order valence-corrected chi connectivity index (χ0v) is 16.1. The Morgan fingerprint density at radius 2 is 1.52 bits per heavy atom. The van der Waals surface area contributed by atoms with Gasteiger partial charge < -0.3 is 24.6 Å². The van der Waals surface area contributed by atoms with Crippen LogP contribution in [-0.4, -0.2) is 56.8 Å². The first kappa shape index (κ1) is 21.1. The lowest BCUT2D eigenvalue weighted by atomic mass is 9.95. The van der Waals surface area contributed by atoms with E-state index in [1.54, 1.807) is 24.3 Å². The Kier molecular flexibility index (Phi) is 6.39. The molecule has 0 aliphatic carbocycles. The van der Waals surface area contributed by atoms with Crippen LogP contribution >= 0.6 is 0 Å². The molecule has 0 amide bonds.